The number of hydrogen-bond acceptors (Lipinski definition) is 7. The third-order valence-electron chi connectivity index (χ3n) is 4.79. The molecule has 1 aliphatic rings. The highest BCUT2D eigenvalue weighted by Gasteiger charge is 2.42. The summed E-state index contributed by atoms with van der Waals surface area (Å²) in [6.45, 7) is 2.45. The fourth-order valence-corrected chi connectivity index (χ4v) is 3.31. The molecular formula is C20H27N2O7+. The Balaban J connectivity index is 2.23. The molecule has 158 valence electrons. The molecule has 0 saturated heterocycles. The van der Waals surface area contributed by atoms with Crippen LogP contribution in [0.15, 0.2) is 18.2 Å². The van der Waals surface area contributed by atoms with Crippen LogP contribution in [0.5, 0.6) is 11.5 Å². The Morgan fingerprint density at radius 1 is 1.07 bits per heavy atom. The first-order valence-corrected chi connectivity index (χ1v) is 9.38. The first kappa shape index (κ1) is 22.4. The van der Waals surface area contributed by atoms with Gasteiger partial charge in [0.15, 0.2) is 17.0 Å². The van der Waals surface area contributed by atoms with E-state index in [-0.39, 0.29) is 23.8 Å². The minimum atomic E-state index is -0.934. The van der Waals surface area contributed by atoms with Crippen LogP contribution in [-0.4, -0.2) is 42.5 Å². The van der Waals surface area contributed by atoms with E-state index in [2.05, 4.69) is 11.1 Å². The standard InChI is InChI=1S/C20H26N2O7/c1-12(23)28-16-7-6-14(11-17(16)29-13(2)24)10-15(18(25)27-3)22-19(26)20(21)8-4-5-9-20/h6-7,11,15H,4-5,8-10,21H2,1-3H3,(H,22,26)/p+1/t15-/m0/s1. The average Bonchev–Trinajstić information content (AvgIpc) is 3.09. The van der Waals surface area contributed by atoms with Gasteiger partial charge in [-0.1, -0.05) is 6.07 Å². The highest BCUT2D eigenvalue weighted by molar-refractivity contribution is 5.89. The molecule has 0 spiro atoms. The van der Waals surface area contributed by atoms with Gasteiger partial charge in [0, 0.05) is 33.1 Å². The fourth-order valence-electron chi connectivity index (χ4n) is 3.31. The van der Waals surface area contributed by atoms with Gasteiger partial charge in [-0.25, -0.2) is 4.79 Å². The normalized spacial score (nSPS) is 15.9. The van der Waals surface area contributed by atoms with Crippen LogP contribution in [0.3, 0.4) is 0 Å². The Labute approximate surface area is 168 Å². The van der Waals surface area contributed by atoms with Gasteiger partial charge in [-0.3, -0.25) is 14.4 Å². The Hall–Kier alpha value is -2.94. The van der Waals surface area contributed by atoms with E-state index >= 15 is 0 Å². The molecule has 0 unspecified atom stereocenters. The minimum Gasteiger partial charge on any atom is -0.467 e. The van der Waals surface area contributed by atoms with Crippen molar-refractivity contribution in [2.75, 3.05) is 7.11 Å². The maximum Gasteiger partial charge on any atom is 0.328 e. The van der Waals surface area contributed by atoms with E-state index in [0.717, 1.165) is 12.8 Å². The number of benzene rings is 1. The summed E-state index contributed by atoms with van der Waals surface area (Å²) in [4.78, 5) is 47.5. The van der Waals surface area contributed by atoms with E-state index in [1.807, 2.05) is 0 Å². The number of carbonyl (C=O) groups excluding carboxylic acids is 4. The lowest BCUT2D eigenvalue weighted by atomic mass is 9.96. The minimum absolute atomic E-state index is 0.0459. The molecule has 1 amide bonds. The Morgan fingerprint density at radius 3 is 2.21 bits per heavy atom. The molecular weight excluding hydrogens is 380 g/mol. The maximum atomic E-state index is 12.7. The van der Waals surface area contributed by atoms with Gasteiger partial charge in [-0.05, 0) is 30.5 Å². The molecule has 1 aromatic carbocycles. The molecule has 1 saturated carbocycles. The van der Waals surface area contributed by atoms with Crippen LogP contribution in [0.1, 0.15) is 45.1 Å². The molecule has 29 heavy (non-hydrogen) atoms. The van der Waals surface area contributed by atoms with Crippen molar-refractivity contribution in [2.24, 2.45) is 0 Å². The van der Waals surface area contributed by atoms with Crippen molar-refractivity contribution in [2.45, 2.75) is 57.5 Å². The lowest BCUT2D eigenvalue weighted by molar-refractivity contribution is -0.456. The molecule has 0 aromatic heterocycles. The molecule has 1 fully saturated rings. The second-order valence-electron chi connectivity index (χ2n) is 7.21. The summed E-state index contributed by atoms with van der Waals surface area (Å²) < 4.78 is 15.0. The molecule has 4 N–H and O–H groups in total. The van der Waals surface area contributed by atoms with E-state index in [4.69, 9.17) is 14.2 Å². The van der Waals surface area contributed by atoms with E-state index in [1.165, 1.54) is 33.1 Å². The number of hydrogen-bond donors (Lipinski definition) is 2. The molecule has 0 aliphatic heterocycles. The number of methoxy groups -OCH3 is 1. The molecule has 0 heterocycles. The molecule has 0 bridgehead atoms. The van der Waals surface area contributed by atoms with Crippen molar-refractivity contribution in [1.82, 2.24) is 5.32 Å². The summed E-state index contributed by atoms with van der Waals surface area (Å²) in [6.07, 6.45) is 3.27. The van der Waals surface area contributed by atoms with Gasteiger partial charge in [0.2, 0.25) is 0 Å². The molecule has 1 atom stereocenters. The number of carbonyl (C=O) groups is 4. The van der Waals surface area contributed by atoms with Gasteiger partial charge in [0.25, 0.3) is 5.91 Å². The van der Waals surface area contributed by atoms with Gasteiger partial charge < -0.3 is 25.3 Å². The zero-order chi connectivity index (χ0) is 21.6. The summed E-state index contributed by atoms with van der Waals surface area (Å²) in [7, 11) is 1.24. The number of esters is 3. The second-order valence-corrected chi connectivity index (χ2v) is 7.21. The van der Waals surface area contributed by atoms with Crippen LogP contribution in [0.2, 0.25) is 0 Å². The molecule has 1 aliphatic carbocycles. The fraction of sp³-hybridized carbons (Fsp3) is 0.500. The zero-order valence-corrected chi connectivity index (χ0v) is 16.9. The monoisotopic (exact) mass is 407 g/mol. The van der Waals surface area contributed by atoms with Gasteiger partial charge in [0.1, 0.15) is 6.04 Å². The average molecular weight is 407 g/mol. The van der Waals surface area contributed by atoms with Gasteiger partial charge in [-0.15, -0.1) is 0 Å². The Morgan fingerprint density at radius 2 is 1.66 bits per heavy atom. The van der Waals surface area contributed by atoms with Gasteiger partial charge in [0.05, 0.1) is 7.11 Å². The molecule has 9 heteroatoms. The maximum absolute atomic E-state index is 12.7. The smallest absolute Gasteiger partial charge is 0.328 e. The van der Waals surface area contributed by atoms with Gasteiger partial charge in [-0.2, -0.15) is 0 Å². The first-order valence-electron chi connectivity index (χ1n) is 9.38. The molecule has 2 rings (SSSR count). The van der Waals surface area contributed by atoms with Crippen LogP contribution in [0.4, 0.5) is 0 Å². The van der Waals surface area contributed by atoms with Gasteiger partial charge >= 0.3 is 17.9 Å². The quantitative estimate of drug-likeness (QED) is 0.490. The van der Waals surface area contributed by atoms with Crippen LogP contribution < -0.4 is 20.5 Å². The topological polar surface area (TPSA) is 136 Å². The summed E-state index contributed by atoms with van der Waals surface area (Å²) in [5, 5.41) is 2.74. The lowest BCUT2D eigenvalue weighted by Crippen LogP contribution is -2.78. The van der Waals surface area contributed by atoms with Crippen molar-refractivity contribution in [3.8, 4) is 11.5 Å². The van der Waals surface area contributed by atoms with E-state index < -0.39 is 29.5 Å². The van der Waals surface area contributed by atoms with E-state index in [1.54, 1.807) is 6.07 Å². The Bertz CT molecular complexity index is 800. The van der Waals surface area contributed by atoms with Crippen LogP contribution in [0.25, 0.3) is 0 Å². The van der Waals surface area contributed by atoms with E-state index in [9.17, 15) is 19.2 Å². The number of quaternary nitrogens is 1. The van der Waals surface area contributed by atoms with Crippen LogP contribution >= 0.6 is 0 Å². The van der Waals surface area contributed by atoms with E-state index in [0.29, 0.717) is 18.4 Å². The predicted molar refractivity (Wildman–Crippen MR) is 101 cm³/mol. The summed E-state index contributed by atoms with van der Waals surface area (Å²) >= 11 is 0. The SMILES string of the molecule is COC(=O)[C@H](Cc1ccc(OC(C)=O)c(OC(C)=O)c1)NC(=O)C1([NH3+])CCCC1. The van der Waals surface area contributed by atoms with Crippen molar-refractivity contribution < 1.29 is 39.1 Å². The number of nitrogens with one attached hydrogen (secondary N) is 1. The Kier molecular flexibility index (Phi) is 7.33. The summed E-state index contributed by atoms with van der Waals surface area (Å²) in [5.41, 5.74) is 3.87. The van der Waals surface area contributed by atoms with Crippen LogP contribution in [0, 0.1) is 0 Å². The van der Waals surface area contributed by atoms with Crippen molar-refractivity contribution in [3.63, 3.8) is 0 Å². The lowest BCUT2D eigenvalue weighted by Gasteiger charge is -2.23. The molecule has 9 nitrogen and oxygen atoms in total. The highest BCUT2D eigenvalue weighted by Crippen LogP contribution is 2.30. The summed E-state index contributed by atoms with van der Waals surface area (Å²) in [5.74, 6) is -1.92. The molecule has 0 radical (unpaired) electrons. The van der Waals surface area contributed by atoms with Crippen molar-refractivity contribution in [3.05, 3.63) is 23.8 Å². The first-order chi connectivity index (χ1) is 13.6. The number of ether oxygens (including phenoxy) is 3. The van der Waals surface area contributed by atoms with Crippen LogP contribution in [-0.2, 0) is 30.3 Å². The highest BCUT2D eigenvalue weighted by atomic mass is 16.6. The third kappa shape index (κ3) is 6.02. The summed E-state index contributed by atoms with van der Waals surface area (Å²) in [6, 6.07) is 3.63. The third-order valence-corrected chi connectivity index (χ3v) is 4.79. The largest absolute Gasteiger partial charge is 0.467 e. The van der Waals surface area contributed by atoms with Crippen molar-refractivity contribution in [1.29, 1.82) is 0 Å². The zero-order valence-electron chi connectivity index (χ0n) is 16.9. The van der Waals surface area contributed by atoms with Crippen molar-refractivity contribution >= 4 is 23.8 Å². The predicted octanol–water partition coefficient (Wildman–Crippen LogP) is 0.292. The number of rotatable bonds is 7. The molecule has 1 aromatic rings. The second kappa shape index (κ2) is 9.51. The number of amides is 1.